The summed E-state index contributed by atoms with van der Waals surface area (Å²) < 4.78 is 31.8. The molecule has 1 amide bonds. The first-order valence-electron chi connectivity index (χ1n) is 8.89. The van der Waals surface area contributed by atoms with Gasteiger partial charge >= 0.3 is 5.97 Å². The van der Waals surface area contributed by atoms with Crippen molar-refractivity contribution in [3.63, 3.8) is 0 Å². The number of esters is 1. The number of ether oxygens (including phenoxy) is 1. The van der Waals surface area contributed by atoms with Gasteiger partial charge in [-0.1, -0.05) is 25.4 Å². The average Bonchev–Trinajstić information content (AvgIpc) is 3.15. The van der Waals surface area contributed by atoms with Crippen molar-refractivity contribution in [1.29, 1.82) is 0 Å². The van der Waals surface area contributed by atoms with Crippen LogP contribution in [0.4, 0.5) is 0 Å². The number of sulfonamides is 1. The molecule has 0 unspecified atom stereocenters. The molecule has 1 aromatic carbocycles. The molecule has 1 aromatic rings. The molecule has 1 aliphatic rings. The average molecular weight is 417 g/mol. The van der Waals surface area contributed by atoms with Crippen LogP contribution in [-0.2, 0) is 19.6 Å². The van der Waals surface area contributed by atoms with Crippen LogP contribution in [0.15, 0.2) is 23.1 Å². The van der Waals surface area contributed by atoms with Gasteiger partial charge in [-0.25, -0.2) is 13.2 Å². The van der Waals surface area contributed by atoms with Crippen LogP contribution in [-0.4, -0.2) is 50.3 Å². The predicted octanol–water partition coefficient (Wildman–Crippen LogP) is 2.44. The van der Waals surface area contributed by atoms with Crippen molar-refractivity contribution in [3.8, 4) is 0 Å². The summed E-state index contributed by atoms with van der Waals surface area (Å²) in [5.41, 5.74) is 0.0295. The number of hydrogen-bond acceptors (Lipinski definition) is 5. The van der Waals surface area contributed by atoms with Gasteiger partial charge in [0.25, 0.3) is 5.91 Å². The minimum Gasteiger partial charge on any atom is -0.452 e. The van der Waals surface area contributed by atoms with E-state index >= 15 is 0 Å². The maximum Gasteiger partial charge on any atom is 0.338 e. The van der Waals surface area contributed by atoms with Crippen LogP contribution in [0.25, 0.3) is 0 Å². The summed E-state index contributed by atoms with van der Waals surface area (Å²) in [5, 5.41) is 2.77. The van der Waals surface area contributed by atoms with Crippen molar-refractivity contribution in [2.75, 3.05) is 19.7 Å². The van der Waals surface area contributed by atoms with Crippen molar-refractivity contribution in [2.24, 2.45) is 5.92 Å². The highest BCUT2D eigenvalue weighted by Gasteiger charge is 2.30. The van der Waals surface area contributed by atoms with E-state index in [1.54, 1.807) is 0 Å². The Hall–Kier alpha value is -1.64. The van der Waals surface area contributed by atoms with E-state index in [0.717, 1.165) is 12.8 Å². The highest BCUT2D eigenvalue weighted by atomic mass is 35.5. The maximum absolute atomic E-state index is 12.7. The molecule has 0 aliphatic carbocycles. The molecule has 9 heteroatoms. The van der Waals surface area contributed by atoms with Crippen molar-refractivity contribution in [1.82, 2.24) is 9.62 Å². The van der Waals surface area contributed by atoms with E-state index in [-0.39, 0.29) is 27.4 Å². The monoisotopic (exact) mass is 416 g/mol. The van der Waals surface area contributed by atoms with Crippen molar-refractivity contribution in [3.05, 3.63) is 28.8 Å². The highest BCUT2D eigenvalue weighted by molar-refractivity contribution is 7.89. The van der Waals surface area contributed by atoms with Gasteiger partial charge in [0, 0.05) is 19.1 Å². The quantitative estimate of drug-likeness (QED) is 0.689. The Kier molecular flexibility index (Phi) is 7.25. The number of benzene rings is 1. The summed E-state index contributed by atoms with van der Waals surface area (Å²) in [4.78, 5) is 23.9. The molecule has 0 saturated carbocycles. The Morgan fingerprint density at radius 1 is 1.22 bits per heavy atom. The zero-order valence-corrected chi connectivity index (χ0v) is 17.3. The van der Waals surface area contributed by atoms with E-state index in [1.165, 1.54) is 22.5 Å². The molecule has 7 nitrogen and oxygen atoms in total. The molecule has 1 atom stereocenters. The number of carbonyl (C=O) groups is 2. The van der Waals surface area contributed by atoms with E-state index in [9.17, 15) is 18.0 Å². The van der Waals surface area contributed by atoms with Gasteiger partial charge in [0.05, 0.1) is 10.6 Å². The number of carbonyl (C=O) groups excluding carboxylic acids is 2. The third-order valence-corrected chi connectivity index (χ3v) is 6.95. The molecule has 1 fully saturated rings. The van der Waals surface area contributed by atoms with Gasteiger partial charge in [-0.15, -0.1) is 0 Å². The highest BCUT2D eigenvalue weighted by Crippen LogP contribution is 2.28. The summed E-state index contributed by atoms with van der Waals surface area (Å²) in [6, 6.07) is 3.88. The van der Waals surface area contributed by atoms with E-state index < -0.39 is 28.5 Å². The van der Waals surface area contributed by atoms with Crippen molar-refractivity contribution >= 4 is 33.5 Å². The SMILES string of the molecule is CC(C)[C@@H](C)NC(=O)COC(=O)c1ccc(Cl)c(S(=O)(=O)N2CCCC2)c1. The van der Waals surface area contributed by atoms with Crippen LogP contribution >= 0.6 is 11.6 Å². The zero-order chi connectivity index (χ0) is 20.2. The van der Waals surface area contributed by atoms with Gasteiger partial charge in [-0.3, -0.25) is 4.79 Å². The fraction of sp³-hybridized carbons (Fsp3) is 0.556. The summed E-state index contributed by atoms with van der Waals surface area (Å²) in [6.45, 7) is 6.22. The molecule has 0 aromatic heterocycles. The molecular formula is C18H25ClN2O5S. The molecular weight excluding hydrogens is 392 g/mol. The minimum absolute atomic E-state index is 0.0295. The Bertz CT molecular complexity index is 804. The van der Waals surface area contributed by atoms with Crippen molar-refractivity contribution < 1.29 is 22.7 Å². The van der Waals surface area contributed by atoms with E-state index in [4.69, 9.17) is 16.3 Å². The second kappa shape index (κ2) is 9.03. The standard InChI is InChI=1S/C18H25ClN2O5S/c1-12(2)13(3)20-17(22)11-26-18(23)14-6-7-15(19)16(10-14)27(24,25)21-8-4-5-9-21/h6-7,10,12-13H,4-5,8-9,11H2,1-3H3,(H,20,22)/t13-/m1/s1. The van der Waals surface area contributed by atoms with Gasteiger partial charge in [-0.2, -0.15) is 4.31 Å². The molecule has 1 aliphatic heterocycles. The van der Waals surface area contributed by atoms with Gasteiger partial charge in [0.2, 0.25) is 10.0 Å². The van der Waals surface area contributed by atoms with Gasteiger partial charge in [0.1, 0.15) is 4.90 Å². The Morgan fingerprint density at radius 3 is 2.44 bits per heavy atom. The number of amides is 1. The van der Waals surface area contributed by atoms with E-state index in [1.807, 2.05) is 20.8 Å². The lowest BCUT2D eigenvalue weighted by atomic mass is 10.1. The number of rotatable bonds is 7. The molecule has 1 N–H and O–H groups in total. The number of halogens is 1. The minimum atomic E-state index is -3.77. The molecule has 27 heavy (non-hydrogen) atoms. The molecule has 2 rings (SSSR count). The van der Waals surface area contributed by atoms with Crippen LogP contribution in [0.3, 0.4) is 0 Å². The number of nitrogens with zero attached hydrogens (tertiary/aromatic N) is 1. The van der Waals surface area contributed by atoms with Crippen LogP contribution < -0.4 is 5.32 Å². The first-order valence-corrected chi connectivity index (χ1v) is 10.7. The van der Waals surface area contributed by atoms with Crippen LogP contribution in [0.1, 0.15) is 44.0 Å². The lowest BCUT2D eigenvalue weighted by Gasteiger charge is -2.18. The molecule has 150 valence electrons. The summed E-state index contributed by atoms with van der Waals surface area (Å²) in [7, 11) is -3.77. The van der Waals surface area contributed by atoms with Crippen LogP contribution in [0.2, 0.25) is 5.02 Å². The van der Waals surface area contributed by atoms with Crippen molar-refractivity contribution in [2.45, 2.75) is 44.6 Å². The Morgan fingerprint density at radius 2 is 1.85 bits per heavy atom. The van der Waals surface area contributed by atoms with E-state index in [2.05, 4.69) is 5.32 Å². The molecule has 0 radical (unpaired) electrons. The van der Waals surface area contributed by atoms with E-state index in [0.29, 0.717) is 13.1 Å². The van der Waals surface area contributed by atoms with Gasteiger partial charge < -0.3 is 10.1 Å². The fourth-order valence-corrected chi connectivity index (χ4v) is 4.59. The lowest BCUT2D eigenvalue weighted by molar-refractivity contribution is -0.125. The summed E-state index contributed by atoms with van der Waals surface area (Å²) in [6.07, 6.45) is 1.59. The van der Waals surface area contributed by atoms with Gasteiger partial charge in [0.15, 0.2) is 6.61 Å². The third kappa shape index (κ3) is 5.43. The number of hydrogen-bond donors (Lipinski definition) is 1. The molecule has 1 heterocycles. The summed E-state index contributed by atoms with van der Waals surface area (Å²) in [5.74, 6) is -0.945. The predicted molar refractivity (Wildman–Crippen MR) is 102 cm³/mol. The topological polar surface area (TPSA) is 92.8 Å². The van der Waals surface area contributed by atoms with Gasteiger partial charge in [-0.05, 0) is 43.9 Å². The number of nitrogens with one attached hydrogen (secondary N) is 1. The summed E-state index contributed by atoms with van der Waals surface area (Å²) >= 11 is 6.06. The van der Waals surface area contributed by atoms with Crippen LogP contribution in [0, 0.1) is 5.92 Å². The molecule has 0 bridgehead atoms. The fourth-order valence-electron chi connectivity index (χ4n) is 2.57. The molecule has 1 saturated heterocycles. The largest absolute Gasteiger partial charge is 0.452 e. The first kappa shape index (κ1) is 21.7. The second-order valence-corrected chi connectivity index (χ2v) is 9.25. The molecule has 0 spiro atoms. The first-order chi connectivity index (χ1) is 12.6. The maximum atomic E-state index is 12.7. The zero-order valence-electron chi connectivity index (χ0n) is 15.7. The smallest absolute Gasteiger partial charge is 0.338 e. The normalized spacial score (nSPS) is 16.3. The van der Waals surface area contributed by atoms with Crippen LogP contribution in [0.5, 0.6) is 0 Å². The Balaban J connectivity index is 2.08. The second-order valence-electron chi connectivity index (χ2n) is 6.93. The lowest BCUT2D eigenvalue weighted by Crippen LogP contribution is -2.38. The Labute approximate surface area is 165 Å². The third-order valence-electron chi connectivity index (χ3n) is 4.57.